The number of amides is 1. The Kier molecular flexibility index (Phi) is 4.96. The molecule has 0 bridgehead atoms. The highest BCUT2D eigenvalue weighted by Crippen LogP contribution is 2.34. The largest absolute Gasteiger partial charge is 0.504 e. The lowest BCUT2D eigenvalue weighted by molar-refractivity contribution is -0.141. The minimum atomic E-state index is -0.665. The smallest absolute Gasteiger partial charge is 0.267 e. The van der Waals surface area contributed by atoms with Crippen molar-refractivity contribution in [1.29, 1.82) is 0 Å². The summed E-state index contributed by atoms with van der Waals surface area (Å²) in [7, 11) is 1.47. The molecule has 0 spiro atoms. The molecule has 3 aromatic rings. The van der Waals surface area contributed by atoms with Crippen LogP contribution in [0.2, 0.25) is 0 Å². The monoisotopic (exact) mass is 437 g/mol. The molecule has 1 unspecified atom stereocenters. The second kappa shape index (κ2) is 7.95. The summed E-state index contributed by atoms with van der Waals surface area (Å²) in [5.74, 6) is 2.17. The summed E-state index contributed by atoms with van der Waals surface area (Å²) in [6, 6.07) is 10.4. The van der Waals surface area contributed by atoms with Crippen LogP contribution in [-0.2, 0) is 4.79 Å². The van der Waals surface area contributed by atoms with Crippen LogP contribution in [0.25, 0.3) is 10.9 Å². The number of aromatic hydroxyl groups is 1. The number of piperazine rings is 1. The van der Waals surface area contributed by atoms with E-state index in [9.17, 15) is 9.90 Å². The average Bonchev–Trinajstić information content (AvgIpc) is 2.83. The van der Waals surface area contributed by atoms with E-state index in [0.717, 1.165) is 0 Å². The van der Waals surface area contributed by atoms with Gasteiger partial charge in [-0.1, -0.05) is 12.1 Å². The third kappa shape index (κ3) is 3.53. The molecule has 10 heteroatoms. The fraction of sp³-hybridized carbons (Fsp3) is 0.318. The van der Waals surface area contributed by atoms with E-state index in [1.165, 1.54) is 13.2 Å². The van der Waals surface area contributed by atoms with Crippen molar-refractivity contribution in [3.05, 3.63) is 36.4 Å². The quantitative estimate of drug-likeness (QED) is 0.626. The van der Waals surface area contributed by atoms with E-state index in [1.54, 1.807) is 17.0 Å². The number of nitrogens with zero attached hydrogens (tertiary/aromatic N) is 4. The molecule has 10 nitrogen and oxygen atoms in total. The number of phenols is 1. The maximum Gasteiger partial charge on any atom is 0.267 e. The fourth-order valence-corrected chi connectivity index (χ4v) is 3.93. The van der Waals surface area contributed by atoms with E-state index in [4.69, 9.17) is 19.9 Å². The third-order valence-electron chi connectivity index (χ3n) is 5.67. The highest BCUT2D eigenvalue weighted by atomic mass is 16.6. The van der Waals surface area contributed by atoms with Crippen LogP contribution in [0.3, 0.4) is 0 Å². The summed E-state index contributed by atoms with van der Waals surface area (Å²) in [6.45, 7) is 2.27. The molecule has 0 saturated carbocycles. The molecule has 2 aliphatic heterocycles. The maximum absolute atomic E-state index is 12.9. The lowest BCUT2D eigenvalue weighted by Gasteiger charge is -2.37. The number of hydrogen-bond acceptors (Lipinski definition) is 9. The van der Waals surface area contributed by atoms with E-state index >= 15 is 0 Å². The predicted molar refractivity (Wildman–Crippen MR) is 117 cm³/mol. The molecule has 3 N–H and O–H groups in total. The number of hydrogen-bond donors (Lipinski definition) is 2. The van der Waals surface area contributed by atoms with Crippen LogP contribution in [0.4, 0.5) is 11.8 Å². The Labute approximate surface area is 184 Å². The zero-order valence-corrected chi connectivity index (χ0v) is 17.5. The van der Waals surface area contributed by atoms with Crippen molar-refractivity contribution in [2.24, 2.45) is 0 Å². The van der Waals surface area contributed by atoms with Crippen LogP contribution >= 0.6 is 0 Å². The summed E-state index contributed by atoms with van der Waals surface area (Å²) in [6.07, 6.45) is -0.665. The Hall–Kier alpha value is -3.95. The summed E-state index contributed by atoms with van der Waals surface area (Å²) in [5.41, 5.74) is 6.66. The molecule has 0 aliphatic carbocycles. The number of fused-ring (bicyclic) bond motifs is 2. The average molecular weight is 437 g/mol. The molecule has 2 aliphatic rings. The van der Waals surface area contributed by atoms with Gasteiger partial charge < -0.3 is 34.9 Å². The van der Waals surface area contributed by atoms with Crippen LogP contribution in [0.1, 0.15) is 0 Å². The molecular weight excluding hydrogens is 414 g/mol. The van der Waals surface area contributed by atoms with Gasteiger partial charge >= 0.3 is 0 Å². The van der Waals surface area contributed by atoms with Gasteiger partial charge in [0.25, 0.3) is 5.91 Å². The molecule has 0 radical (unpaired) electrons. The van der Waals surface area contributed by atoms with Crippen molar-refractivity contribution >= 4 is 28.6 Å². The number of nitrogen functional groups attached to an aromatic ring is 1. The molecule has 32 heavy (non-hydrogen) atoms. The number of phenolic OH excluding ortho intramolecular Hbond substituents is 1. The molecule has 1 fully saturated rings. The van der Waals surface area contributed by atoms with Gasteiger partial charge in [0.2, 0.25) is 12.1 Å². The van der Waals surface area contributed by atoms with Crippen LogP contribution in [-0.4, -0.2) is 71.9 Å². The maximum atomic E-state index is 12.9. The van der Waals surface area contributed by atoms with E-state index < -0.39 is 6.10 Å². The van der Waals surface area contributed by atoms with Crippen molar-refractivity contribution < 1.29 is 24.1 Å². The Balaban J connectivity index is 1.27. The van der Waals surface area contributed by atoms with Crippen LogP contribution in [0.5, 0.6) is 23.0 Å². The SMILES string of the molecule is COc1cc2c(N)nc(N3CCN(C(=O)C4COc5ccccc5O4)CC3)nc2cc1O. The summed E-state index contributed by atoms with van der Waals surface area (Å²) >= 11 is 0. The number of ether oxygens (including phenoxy) is 3. The number of para-hydroxylation sites is 2. The lowest BCUT2D eigenvalue weighted by atomic mass is 10.2. The number of benzene rings is 2. The number of anilines is 2. The number of rotatable bonds is 3. The van der Waals surface area contributed by atoms with Gasteiger partial charge in [-0.25, -0.2) is 4.98 Å². The van der Waals surface area contributed by atoms with Gasteiger partial charge in [0.1, 0.15) is 12.4 Å². The highest BCUT2D eigenvalue weighted by molar-refractivity contribution is 5.91. The van der Waals surface area contributed by atoms with Crippen molar-refractivity contribution in [3.63, 3.8) is 0 Å². The van der Waals surface area contributed by atoms with Gasteiger partial charge in [-0.2, -0.15) is 4.98 Å². The van der Waals surface area contributed by atoms with Gasteiger partial charge in [-0.05, 0) is 18.2 Å². The molecule has 1 atom stereocenters. The van der Waals surface area contributed by atoms with Crippen molar-refractivity contribution in [1.82, 2.24) is 14.9 Å². The first-order chi connectivity index (χ1) is 15.5. The van der Waals surface area contributed by atoms with Gasteiger partial charge in [0, 0.05) is 37.6 Å². The van der Waals surface area contributed by atoms with E-state index in [-0.39, 0.29) is 18.3 Å². The molecule has 1 saturated heterocycles. The number of nitrogens with two attached hydrogens (primary N) is 1. The van der Waals surface area contributed by atoms with Crippen molar-refractivity contribution in [2.45, 2.75) is 6.10 Å². The summed E-state index contributed by atoms with van der Waals surface area (Å²) in [4.78, 5) is 25.6. The van der Waals surface area contributed by atoms with Crippen LogP contribution in [0, 0.1) is 0 Å². The number of methoxy groups -OCH3 is 1. The van der Waals surface area contributed by atoms with Gasteiger partial charge in [0.15, 0.2) is 23.0 Å². The zero-order chi connectivity index (χ0) is 22.2. The topological polar surface area (TPSA) is 123 Å². The normalized spacial score (nSPS) is 18.0. The number of aromatic nitrogens is 2. The zero-order valence-electron chi connectivity index (χ0n) is 17.5. The lowest BCUT2D eigenvalue weighted by Crippen LogP contribution is -2.54. The first kappa shape index (κ1) is 20.0. The molecular formula is C22H23N5O5. The minimum absolute atomic E-state index is 0.0178. The van der Waals surface area contributed by atoms with Crippen LogP contribution < -0.4 is 24.8 Å². The minimum Gasteiger partial charge on any atom is -0.504 e. The molecule has 3 heterocycles. The van der Waals surface area contributed by atoms with E-state index in [1.807, 2.05) is 23.1 Å². The second-order valence-electron chi connectivity index (χ2n) is 7.63. The Morgan fingerprint density at radius 1 is 1.16 bits per heavy atom. The van der Waals surface area contributed by atoms with Gasteiger partial charge in [0.05, 0.1) is 12.6 Å². The summed E-state index contributed by atoms with van der Waals surface area (Å²) < 4.78 is 16.7. The third-order valence-corrected chi connectivity index (χ3v) is 5.67. The fourth-order valence-electron chi connectivity index (χ4n) is 3.93. The second-order valence-corrected chi connectivity index (χ2v) is 7.63. The standard InChI is InChI=1S/C22H23N5O5/c1-30-18-10-13-14(11-15(18)28)24-22(25-20(13)23)27-8-6-26(7-9-27)21(29)19-12-31-16-4-2-3-5-17(16)32-19/h2-5,10-11,19,28H,6-9,12H2,1H3,(H2,23,24,25). The van der Waals surface area contributed by atoms with E-state index in [0.29, 0.717) is 66.1 Å². The van der Waals surface area contributed by atoms with Crippen molar-refractivity contribution in [2.75, 3.05) is 50.5 Å². The molecule has 2 aromatic carbocycles. The Bertz CT molecular complexity index is 1180. The highest BCUT2D eigenvalue weighted by Gasteiger charge is 2.33. The Morgan fingerprint density at radius 3 is 2.66 bits per heavy atom. The van der Waals surface area contributed by atoms with E-state index in [2.05, 4.69) is 9.97 Å². The first-order valence-electron chi connectivity index (χ1n) is 10.3. The molecule has 1 amide bonds. The number of carbonyl (C=O) groups is 1. The molecule has 1 aromatic heterocycles. The molecule has 166 valence electrons. The van der Waals surface area contributed by atoms with Crippen LogP contribution in [0.15, 0.2) is 36.4 Å². The predicted octanol–water partition coefficient (Wildman–Crippen LogP) is 1.41. The number of carbonyl (C=O) groups excluding carboxylic acids is 1. The first-order valence-corrected chi connectivity index (χ1v) is 10.3. The van der Waals surface area contributed by atoms with Gasteiger partial charge in [-0.3, -0.25) is 4.79 Å². The van der Waals surface area contributed by atoms with Gasteiger partial charge in [-0.15, -0.1) is 0 Å². The molecule has 5 rings (SSSR count). The Morgan fingerprint density at radius 2 is 1.91 bits per heavy atom. The van der Waals surface area contributed by atoms with Crippen molar-refractivity contribution in [3.8, 4) is 23.0 Å². The summed E-state index contributed by atoms with van der Waals surface area (Å²) in [5, 5.41) is 10.7.